The normalized spacial score (nSPS) is 17.1. The second-order valence-electron chi connectivity index (χ2n) is 5.05. The highest BCUT2D eigenvalue weighted by atomic mass is 16.2. The Morgan fingerprint density at radius 1 is 1.11 bits per heavy atom. The maximum absolute atomic E-state index is 12.4. The molecule has 1 aromatic carbocycles. The molecule has 3 heteroatoms. The van der Waals surface area contributed by atoms with Crippen LogP contribution < -0.4 is 5.32 Å². The monoisotopic (exact) mass is 246 g/mol. The van der Waals surface area contributed by atoms with Crippen molar-refractivity contribution in [3.63, 3.8) is 0 Å². The molecule has 3 nitrogen and oxygen atoms in total. The molecule has 1 N–H and O–H groups in total. The third-order valence-electron chi connectivity index (χ3n) is 3.63. The SMILES string of the molecule is Cc1ccc(C(=O)N2CCCCNCC2)cc1C. The van der Waals surface area contributed by atoms with Crippen LogP contribution >= 0.6 is 0 Å². The van der Waals surface area contributed by atoms with E-state index in [0.717, 1.165) is 44.6 Å². The fourth-order valence-corrected chi connectivity index (χ4v) is 2.26. The first-order chi connectivity index (χ1) is 8.68. The predicted molar refractivity (Wildman–Crippen MR) is 73.9 cm³/mol. The molecule has 1 amide bonds. The number of aryl methyl sites for hydroxylation is 2. The first kappa shape index (κ1) is 13.1. The molecule has 0 aliphatic carbocycles. The molecule has 0 atom stereocenters. The Labute approximate surface area is 109 Å². The molecule has 1 heterocycles. The number of nitrogens with one attached hydrogen (secondary N) is 1. The van der Waals surface area contributed by atoms with E-state index in [-0.39, 0.29) is 5.91 Å². The molecule has 1 fully saturated rings. The molecule has 1 aromatic rings. The van der Waals surface area contributed by atoms with Crippen LogP contribution in [-0.4, -0.2) is 37.0 Å². The molecule has 0 radical (unpaired) electrons. The molecule has 1 aliphatic heterocycles. The highest BCUT2D eigenvalue weighted by Gasteiger charge is 2.16. The Hall–Kier alpha value is -1.35. The standard InChI is InChI=1S/C15H22N2O/c1-12-5-6-14(11-13(12)2)15(18)17-9-4-3-7-16-8-10-17/h5-6,11,16H,3-4,7-10H2,1-2H3. The summed E-state index contributed by atoms with van der Waals surface area (Å²) in [5.41, 5.74) is 3.24. The first-order valence-corrected chi connectivity index (χ1v) is 6.76. The minimum Gasteiger partial charge on any atom is -0.337 e. The lowest BCUT2D eigenvalue weighted by Crippen LogP contribution is -2.40. The quantitative estimate of drug-likeness (QED) is 0.823. The van der Waals surface area contributed by atoms with Crippen LogP contribution in [0.1, 0.15) is 34.3 Å². The van der Waals surface area contributed by atoms with Crippen LogP contribution in [0.2, 0.25) is 0 Å². The summed E-state index contributed by atoms with van der Waals surface area (Å²) >= 11 is 0. The zero-order valence-electron chi connectivity index (χ0n) is 11.3. The molecule has 0 bridgehead atoms. The largest absolute Gasteiger partial charge is 0.337 e. The molecule has 1 saturated heterocycles. The Bertz CT molecular complexity index is 421. The van der Waals surface area contributed by atoms with Gasteiger partial charge in [-0.2, -0.15) is 0 Å². The second-order valence-corrected chi connectivity index (χ2v) is 5.05. The minimum atomic E-state index is 0.168. The van der Waals surface area contributed by atoms with Gasteiger partial charge in [-0.25, -0.2) is 0 Å². The molecule has 98 valence electrons. The Morgan fingerprint density at radius 3 is 2.72 bits per heavy atom. The predicted octanol–water partition coefficient (Wildman–Crippen LogP) is 2.13. The smallest absolute Gasteiger partial charge is 0.253 e. The summed E-state index contributed by atoms with van der Waals surface area (Å²) in [6.45, 7) is 7.80. The Kier molecular flexibility index (Phi) is 4.37. The average molecular weight is 246 g/mol. The number of hydrogen-bond donors (Lipinski definition) is 1. The summed E-state index contributed by atoms with van der Waals surface area (Å²) in [4.78, 5) is 14.4. The van der Waals surface area contributed by atoms with Gasteiger partial charge in [0.05, 0.1) is 0 Å². The topological polar surface area (TPSA) is 32.3 Å². The molecule has 0 unspecified atom stereocenters. The van der Waals surface area contributed by atoms with Gasteiger partial charge in [0, 0.05) is 25.2 Å². The van der Waals surface area contributed by atoms with Crippen molar-refractivity contribution in [1.29, 1.82) is 0 Å². The van der Waals surface area contributed by atoms with Crippen molar-refractivity contribution in [2.45, 2.75) is 26.7 Å². The summed E-state index contributed by atoms with van der Waals surface area (Å²) in [7, 11) is 0. The average Bonchev–Trinajstić information content (AvgIpc) is 2.31. The third kappa shape index (κ3) is 3.10. The molecule has 2 rings (SSSR count). The lowest BCUT2D eigenvalue weighted by Gasteiger charge is -2.25. The van der Waals surface area contributed by atoms with E-state index >= 15 is 0 Å². The molecule has 0 spiro atoms. The van der Waals surface area contributed by atoms with Crippen molar-refractivity contribution in [2.24, 2.45) is 0 Å². The van der Waals surface area contributed by atoms with Gasteiger partial charge in [-0.05, 0) is 56.5 Å². The number of nitrogens with zero attached hydrogens (tertiary/aromatic N) is 1. The van der Waals surface area contributed by atoms with Crippen molar-refractivity contribution >= 4 is 5.91 Å². The maximum atomic E-state index is 12.4. The van der Waals surface area contributed by atoms with Crippen molar-refractivity contribution in [3.8, 4) is 0 Å². The van der Waals surface area contributed by atoms with Gasteiger partial charge >= 0.3 is 0 Å². The van der Waals surface area contributed by atoms with E-state index in [1.807, 2.05) is 23.1 Å². The molecule has 0 saturated carbocycles. The summed E-state index contributed by atoms with van der Waals surface area (Å²) < 4.78 is 0. The summed E-state index contributed by atoms with van der Waals surface area (Å²) in [5, 5.41) is 3.35. The lowest BCUT2D eigenvalue weighted by atomic mass is 10.1. The summed E-state index contributed by atoms with van der Waals surface area (Å²) in [6, 6.07) is 5.98. The Morgan fingerprint density at radius 2 is 1.94 bits per heavy atom. The summed E-state index contributed by atoms with van der Waals surface area (Å²) in [5.74, 6) is 0.168. The van der Waals surface area contributed by atoms with Crippen LogP contribution in [0.4, 0.5) is 0 Å². The van der Waals surface area contributed by atoms with Crippen LogP contribution in [-0.2, 0) is 0 Å². The highest BCUT2D eigenvalue weighted by molar-refractivity contribution is 5.94. The molecule has 1 aliphatic rings. The van der Waals surface area contributed by atoms with E-state index in [9.17, 15) is 4.79 Å². The van der Waals surface area contributed by atoms with E-state index in [1.54, 1.807) is 0 Å². The van der Waals surface area contributed by atoms with Crippen molar-refractivity contribution in [2.75, 3.05) is 26.2 Å². The third-order valence-corrected chi connectivity index (χ3v) is 3.63. The number of amides is 1. The van der Waals surface area contributed by atoms with Gasteiger partial charge in [-0.15, -0.1) is 0 Å². The zero-order valence-corrected chi connectivity index (χ0v) is 11.3. The van der Waals surface area contributed by atoms with E-state index < -0.39 is 0 Å². The molecular weight excluding hydrogens is 224 g/mol. The number of rotatable bonds is 1. The molecule has 18 heavy (non-hydrogen) atoms. The molecular formula is C15H22N2O. The highest BCUT2D eigenvalue weighted by Crippen LogP contribution is 2.13. The van der Waals surface area contributed by atoms with Gasteiger partial charge in [0.1, 0.15) is 0 Å². The van der Waals surface area contributed by atoms with Crippen molar-refractivity contribution in [1.82, 2.24) is 10.2 Å². The number of benzene rings is 1. The van der Waals surface area contributed by atoms with Gasteiger partial charge in [0.2, 0.25) is 0 Å². The van der Waals surface area contributed by atoms with Crippen molar-refractivity contribution in [3.05, 3.63) is 34.9 Å². The maximum Gasteiger partial charge on any atom is 0.253 e. The molecule has 0 aromatic heterocycles. The first-order valence-electron chi connectivity index (χ1n) is 6.76. The van der Waals surface area contributed by atoms with Crippen LogP contribution in [0.5, 0.6) is 0 Å². The Balaban J connectivity index is 2.10. The van der Waals surface area contributed by atoms with Crippen LogP contribution in [0.15, 0.2) is 18.2 Å². The van der Waals surface area contributed by atoms with Gasteiger partial charge in [-0.3, -0.25) is 4.79 Å². The van der Waals surface area contributed by atoms with E-state index in [0.29, 0.717) is 0 Å². The minimum absolute atomic E-state index is 0.168. The van der Waals surface area contributed by atoms with Crippen molar-refractivity contribution < 1.29 is 4.79 Å². The van der Waals surface area contributed by atoms with E-state index in [2.05, 4.69) is 19.2 Å². The second kappa shape index (κ2) is 6.01. The fourth-order valence-electron chi connectivity index (χ4n) is 2.26. The van der Waals surface area contributed by atoms with Gasteiger partial charge in [-0.1, -0.05) is 6.07 Å². The fraction of sp³-hybridized carbons (Fsp3) is 0.533. The van der Waals surface area contributed by atoms with Crippen LogP contribution in [0.25, 0.3) is 0 Å². The summed E-state index contributed by atoms with van der Waals surface area (Å²) in [6.07, 6.45) is 2.24. The van der Waals surface area contributed by atoms with Crippen LogP contribution in [0.3, 0.4) is 0 Å². The zero-order chi connectivity index (χ0) is 13.0. The number of carbonyl (C=O) groups excluding carboxylic acids is 1. The lowest BCUT2D eigenvalue weighted by molar-refractivity contribution is 0.0748. The number of carbonyl (C=O) groups is 1. The van der Waals surface area contributed by atoms with E-state index in [1.165, 1.54) is 11.1 Å². The number of hydrogen-bond acceptors (Lipinski definition) is 2. The van der Waals surface area contributed by atoms with Gasteiger partial charge in [0.15, 0.2) is 0 Å². The van der Waals surface area contributed by atoms with E-state index in [4.69, 9.17) is 0 Å². The van der Waals surface area contributed by atoms with Gasteiger partial charge < -0.3 is 10.2 Å². The van der Waals surface area contributed by atoms with Crippen LogP contribution in [0, 0.1) is 13.8 Å². The van der Waals surface area contributed by atoms with Gasteiger partial charge in [0.25, 0.3) is 5.91 Å².